The molecule has 0 amide bonds. The van der Waals surface area contributed by atoms with Crippen LogP contribution in [0.25, 0.3) is 0 Å². The first kappa shape index (κ1) is 14.8. The third-order valence-electron chi connectivity index (χ3n) is 3.99. The van der Waals surface area contributed by atoms with Gasteiger partial charge in [-0.3, -0.25) is 0 Å². The molecule has 2 aliphatic rings. The fourth-order valence-corrected chi connectivity index (χ4v) is 4.37. The average Bonchev–Trinajstić information content (AvgIpc) is 3.03. The van der Waals surface area contributed by atoms with Crippen molar-refractivity contribution in [2.75, 3.05) is 0 Å². The zero-order valence-electron chi connectivity index (χ0n) is 11.2. The number of halogens is 2. The van der Waals surface area contributed by atoms with E-state index in [1.54, 1.807) is 0 Å². The number of hydrogen-bond acceptors (Lipinski definition) is 4. The molecule has 2 aliphatic heterocycles. The molecular formula is C13H16F2N2O3S. The molecule has 2 saturated heterocycles. The molecule has 0 aromatic heterocycles. The van der Waals surface area contributed by atoms with Gasteiger partial charge in [0, 0.05) is 6.54 Å². The Kier molecular flexibility index (Phi) is 3.73. The molecule has 3 N–H and O–H groups in total. The standard InChI is InChI=1S/C13H16F2N2O3S/c14-9-3-7(6-16)4-12(13(9)15)21(18,19)17-10-5-8-1-2-11(10)20-8/h3-4,8,10-11,17H,1-2,5-6,16H2. The van der Waals surface area contributed by atoms with Gasteiger partial charge in [-0.1, -0.05) is 0 Å². The van der Waals surface area contributed by atoms with E-state index in [1.807, 2.05) is 0 Å². The first-order valence-electron chi connectivity index (χ1n) is 6.76. The molecule has 0 saturated carbocycles. The van der Waals surface area contributed by atoms with Crippen molar-refractivity contribution < 1.29 is 21.9 Å². The van der Waals surface area contributed by atoms with Gasteiger partial charge in [-0.25, -0.2) is 21.9 Å². The Labute approximate surface area is 121 Å². The van der Waals surface area contributed by atoms with Crippen molar-refractivity contribution in [3.05, 3.63) is 29.3 Å². The van der Waals surface area contributed by atoms with E-state index < -0.39 is 32.6 Å². The molecular weight excluding hydrogens is 302 g/mol. The van der Waals surface area contributed by atoms with Gasteiger partial charge in [-0.15, -0.1) is 0 Å². The topological polar surface area (TPSA) is 81.4 Å². The Bertz CT molecular complexity index is 666. The van der Waals surface area contributed by atoms with Crippen LogP contribution in [0.3, 0.4) is 0 Å². The highest BCUT2D eigenvalue weighted by Gasteiger charge is 2.43. The Morgan fingerprint density at radius 2 is 2.10 bits per heavy atom. The van der Waals surface area contributed by atoms with E-state index in [4.69, 9.17) is 10.5 Å². The van der Waals surface area contributed by atoms with Crippen molar-refractivity contribution >= 4 is 10.0 Å². The van der Waals surface area contributed by atoms with E-state index in [0.29, 0.717) is 6.42 Å². The summed E-state index contributed by atoms with van der Waals surface area (Å²) in [5.41, 5.74) is 5.59. The van der Waals surface area contributed by atoms with E-state index in [1.165, 1.54) is 0 Å². The summed E-state index contributed by atoms with van der Waals surface area (Å²) in [5.74, 6) is -2.61. The molecule has 1 aromatic carbocycles. The van der Waals surface area contributed by atoms with Gasteiger partial charge in [0.05, 0.1) is 18.2 Å². The summed E-state index contributed by atoms with van der Waals surface area (Å²) >= 11 is 0. The van der Waals surface area contributed by atoms with Gasteiger partial charge < -0.3 is 10.5 Å². The van der Waals surface area contributed by atoms with Crippen molar-refractivity contribution in [3.63, 3.8) is 0 Å². The predicted molar refractivity (Wildman–Crippen MR) is 70.9 cm³/mol. The van der Waals surface area contributed by atoms with Crippen LogP contribution in [0.5, 0.6) is 0 Å². The lowest BCUT2D eigenvalue weighted by molar-refractivity contribution is 0.0996. The van der Waals surface area contributed by atoms with Crippen molar-refractivity contribution in [1.82, 2.24) is 4.72 Å². The molecule has 2 fully saturated rings. The monoisotopic (exact) mass is 318 g/mol. The Morgan fingerprint density at radius 3 is 2.67 bits per heavy atom. The number of ether oxygens (including phenoxy) is 1. The third kappa shape index (κ3) is 2.68. The summed E-state index contributed by atoms with van der Waals surface area (Å²) in [7, 11) is -4.15. The molecule has 8 heteroatoms. The number of nitrogens with one attached hydrogen (secondary N) is 1. The van der Waals surface area contributed by atoms with Gasteiger partial charge in [-0.2, -0.15) is 0 Å². The lowest BCUT2D eigenvalue weighted by Crippen LogP contribution is -2.41. The highest BCUT2D eigenvalue weighted by Crippen LogP contribution is 2.35. The van der Waals surface area contributed by atoms with Crippen LogP contribution in [0.4, 0.5) is 8.78 Å². The van der Waals surface area contributed by atoms with E-state index in [9.17, 15) is 17.2 Å². The number of rotatable bonds is 4. The summed E-state index contributed by atoms with van der Waals surface area (Å²) < 4.78 is 59.8. The minimum absolute atomic E-state index is 0.0552. The molecule has 21 heavy (non-hydrogen) atoms. The van der Waals surface area contributed by atoms with Gasteiger partial charge in [0.1, 0.15) is 4.90 Å². The normalized spacial score (nSPS) is 28.2. The molecule has 2 heterocycles. The molecule has 116 valence electrons. The maximum absolute atomic E-state index is 13.8. The molecule has 3 atom stereocenters. The fraction of sp³-hybridized carbons (Fsp3) is 0.538. The van der Waals surface area contributed by atoms with Crippen molar-refractivity contribution in [3.8, 4) is 0 Å². The van der Waals surface area contributed by atoms with Gasteiger partial charge in [0.15, 0.2) is 11.6 Å². The molecule has 0 aliphatic carbocycles. The lowest BCUT2D eigenvalue weighted by Gasteiger charge is -2.20. The van der Waals surface area contributed by atoms with Crippen molar-refractivity contribution in [2.45, 2.75) is 49.0 Å². The minimum Gasteiger partial charge on any atom is -0.373 e. The summed E-state index contributed by atoms with van der Waals surface area (Å²) in [6, 6.07) is 1.57. The Hall–Kier alpha value is -1.09. The van der Waals surface area contributed by atoms with Crippen LogP contribution in [0.1, 0.15) is 24.8 Å². The van der Waals surface area contributed by atoms with E-state index in [0.717, 1.165) is 25.0 Å². The minimum atomic E-state index is -4.15. The smallest absolute Gasteiger partial charge is 0.243 e. The SMILES string of the molecule is NCc1cc(F)c(F)c(S(=O)(=O)NC2CC3CCC2O3)c1. The Morgan fingerprint density at radius 1 is 1.33 bits per heavy atom. The third-order valence-corrected chi connectivity index (χ3v) is 5.48. The predicted octanol–water partition coefficient (Wildman–Crippen LogP) is 1.02. The largest absolute Gasteiger partial charge is 0.373 e. The number of benzene rings is 1. The van der Waals surface area contributed by atoms with Crippen molar-refractivity contribution in [1.29, 1.82) is 0 Å². The highest BCUT2D eigenvalue weighted by atomic mass is 32.2. The quantitative estimate of drug-likeness (QED) is 0.868. The van der Waals surface area contributed by atoms with Crippen LogP contribution in [0, 0.1) is 11.6 Å². The number of fused-ring (bicyclic) bond motifs is 2. The molecule has 1 aromatic rings. The molecule has 3 unspecified atom stereocenters. The molecule has 3 rings (SSSR count). The molecule has 2 bridgehead atoms. The zero-order valence-corrected chi connectivity index (χ0v) is 12.0. The number of sulfonamides is 1. The van der Waals surface area contributed by atoms with Gasteiger partial charge in [0.25, 0.3) is 0 Å². The lowest BCUT2D eigenvalue weighted by atomic mass is 9.96. The molecule has 5 nitrogen and oxygen atoms in total. The van der Waals surface area contributed by atoms with Crippen LogP contribution >= 0.6 is 0 Å². The average molecular weight is 318 g/mol. The first-order valence-corrected chi connectivity index (χ1v) is 8.25. The van der Waals surface area contributed by atoms with Gasteiger partial charge in [-0.05, 0) is 37.0 Å². The van der Waals surface area contributed by atoms with Crippen LogP contribution in [0.15, 0.2) is 17.0 Å². The van der Waals surface area contributed by atoms with E-state index in [2.05, 4.69) is 4.72 Å². The van der Waals surface area contributed by atoms with Crippen LogP contribution in [-0.4, -0.2) is 26.7 Å². The maximum atomic E-state index is 13.8. The number of hydrogen-bond donors (Lipinski definition) is 2. The zero-order chi connectivity index (χ0) is 15.2. The maximum Gasteiger partial charge on any atom is 0.243 e. The Balaban J connectivity index is 1.89. The molecule has 0 radical (unpaired) electrons. The summed E-state index contributed by atoms with van der Waals surface area (Å²) in [4.78, 5) is -0.703. The fourth-order valence-electron chi connectivity index (χ4n) is 2.96. The second kappa shape index (κ2) is 5.28. The number of nitrogens with two attached hydrogens (primary N) is 1. The second-order valence-electron chi connectivity index (χ2n) is 5.43. The van der Waals surface area contributed by atoms with Gasteiger partial charge >= 0.3 is 0 Å². The van der Waals surface area contributed by atoms with Crippen LogP contribution in [-0.2, 0) is 21.3 Å². The van der Waals surface area contributed by atoms with E-state index >= 15 is 0 Å². The summed E-state index contributed by atoms with van der Waals surface area (Å²) in [6.07, 6.45) is 2.12. The first-order chi connectivity index (χ1) is 9.90. The summed E-state index contributed by atoms with van der Waals surface area (Å²) in [5, 5.41) is 0. The summed E-state index contributed by atoms with van der Waals surface area (Å²) in [6.45, 7) is -0.0725. The van der Waals surface area contributed by atoms with Crippen LogP contribution in [0.2, 0.25) is 0 Å². The van der Waals surface area contributed by atoms with Crippen LogP contribution < -0.4 is 10.5 Å². The van der Waals surface area contributed by atoms with Crippen molar-refractivity contribution in [2.24, 2.45) is 5.73 Å². The molecule has 0 spiro atoms. The second-order valence-corrected chi connectivity index (χ2v) is 7.11. The van der Waals surface area contributed by atoms with E-state index in [-0.39, 0.29) is 24.3 Å². The highest BCUT2D eigenvalue weighted by molar-refractivity contribution is 7.89. The van der Waals surface area contributed by atoms with Gasteiger partial charge in [0.2, 0.25) is 10.0 Å².